The van der Waals surface area contributed by atoms with Gasteiger partial charge in [-0.1, -0.05) is 60.7 Å². The van der Waals surface area contributed by atoms with Gasteiger partial charge >= 0.3 is 0 Å². The van der Waals surface area contributed by atoms with E-state index in [1.807, 2.05) is 17.0 Å². The van der Waals surface area contributed by atoms with Gasteiger partial charge in [0.25, 0.3) is 0 Å². The summed E-state index contributed by atoms with van der Waals surface area (Å²) in [5.74, 6) is 0.223. The standard InChI is InChI=1S/C21H27N3O.2ClH/c1-18-14-22-12-13-24(18)21(25)17-23(15-19-8-4-2-5-9-19)16-20-10-6-3-7-11-20;;/h2-11,18,22H,12-17H2,1H3;2*1H/t18-;;/m1../s1. The maximum atomic E-state index is 12.9. The lowest BCUT2D eigenvalue weighted by molar-refractivity contribution is -0.135. The van der Waals surface area contributed by atoms with Crippen molar-refractivity contribution >= 4 is 30.7 Å². The molecule has 0 bridgehead atoms. The minimum absolute atomic E-state index is 0. The van der Waals surface area contributed by atoms with E-state index < -0.39 is 0 Å². The molecule has 0 aromatic heterocycles. The third kappa shape index (κ3) is 7.15. The van der Waals surface area contributed by atoms with Crippen LogP contribution in [-0.4, -0.2) is 47.9 Å². The molecule has 0 radical (unpaired) electrons. The topological polar surface area (TPSA) is 35.6 Å². The minimum atomic E-state index is 0. The van der Waals surface area contributed by atoms with Gasteiger partial charge in [0.2, 0.25) is 5.91 Å². The lowest BCUT2D eigenvalue weighted by Crippen LogP contribution is -2.54. The van der Waals surface area contributed by atoms with Crippen LogP contribution in [0.5, 0.6) is 0 Å². The highest BCUT2D eigenvalue weighted by Gasteiger charge is 2.24. The molecule has 6 heteroatoms. The lowest BCUT2D eigenvalue weighted by Gasteiger charge is -2.35. The zero-order valence-corrected chi connectivity index (χ0v) is 17.3. The van der Waals surface area contributed by atoms with Gasteiger partial charge in [-0.2, -0.15) is 0 Å². The predicted molar refractivity (Wildman–Crippen MR) is 116 cm³/mol. The molecule has 2 aromatic rings. The van der Waals surface area contributed by atoms with Crippen LogP contribution in [0.3, 0.4) is 0 Å². The molecule has 0 unspecified atom stereocenters. The quantitative estimate of drug-likeness (QED) is 0.794. The van der Waals surface area contributed by atoms with Crippen molar-refractivity contribution in [1.29, 1.82) is 0 Å². The molecule has 148 valence electrons. The zero-order valence-electron chi connectivity index (χ0n) is 15.7. The number of nitrogens with one attached hydrogen (secondary N) is 1. The van der Waals surface area contributed by atoms with Crippen molar-refractivity contribution in [3.63, 3.8) is 0 Å². The Balaban J connectivity index is 0.00000182. The van der Waals surface area contributed by atoms with E-state index in [-0.39, 0.29) is 36.8 Å². The fourth-order valence-electron chi connectivity index (χ4n) is 3.34. The molecule has 0 aliphatic carbocycles. The molecule has 1 amide bonds. The van der Waals surface area contributed by atoms with Gasteiger partial charge in [-0.15, -0.1) is 24.8 Å². The Morgan fingerprint density at radius 3 is 2.00 bits per heavy atom. The molecule has 2 aromatic carbocycles. The summed E-state index contributed by atoms with van der Waals surface area (Å²) in [4.78, 5) is 17.1. The van der Waals surface area contributed by atoms with E-state index in [1.165, 1.54) is 11.1 Å². The largest absolute Gasteiger partial charge is 0.336 e. The Morgan fingerprint density at radius 1 is 1.00 bits per heavy atom. The minimum Gasteiger partial charge on any atom is -0.336 e. The van der Waals surface area contributed by atoms with Crippen molar-refractivity contribution in [2.24, 2.45) is 0 Å². The second-order valence-corrected chi connectivity index (χ2v) is 6.76. The van der Waals surface area contributed by atoms with E-state index in [1.54, 1.807) is 0 Å². The number of piperazine rings is 1. The summed E-state index contributed by atoms with van der Waals surface area (Å²) in [6.45, 7) is 6.68. The molecule has 0 saturated carbocycles. The Labute approximate surface area is 174 Å². The van der Waals surface area contributed by atoms with Crippen LogP contribution in [-0.2, 0) is 17.9 Å². The molecule has 4 nitrogen and oxygen atoms in total. The number of hydrogen-bond donors (Lipinski definition) is 1. The summed E-state index contributed by atoms with van der Waals surface area (Å²) in [6, 6.07) is 21.0. The van der Waals surface area contributed by atoms with Crippen molar-refractivity contribution in [1.82, 2.24) is 15.1 Å². The van der Waals surface area contributed by atoms with E-state index in [0.717, 1.165) is 32.7 Å². The molecule has 1 aliphatic rings. The number of carbonyl (C=O) groups excluding carboxylic acids is 1. The van der Waals surface area contributed by atoms with Gasteiger partial charge in [0.05, 0.1) is 6.54 Å². The normalized spacial score (nSPS) is 16.4. The first-order chi connectivity index (χ1) is 12.2. The highest BCUT2D eigenvalue weighted by atomic mass is 35.5. The Bertz CT molecular complexity index is 628. The molecule has 1 atom stereocenters. The van der Waals surface area contributed by atoms with Crippen LogP contribution in [0.1, 0.15) is 18.1 Å². The molecular formula is C21H29Cl2N3O. The van der Waals surface area contributed by atoms with E-state index in [4.69, 9.17) is 0 Å². The fraction of sp³-hybridized carbons (Fsp3) is 0.381. The molecule has 0 spiro atoms. The number of amides is 1. The van der Waals surface area contributed by atoms with E-state index in [9.17, 15) is 4.79 Å². The first-order valence-electron chi connectivity index (χ1n) is 9.03. The Kier molecular flexibility index (Phi) is 10.4. The summed E-state index contributed by atoms with van der Waals surface area (Å²) in [5, 5.41) is 3.34. The number of hydrogen-bond acceptors (Lipinski definition) is 3. The molecular weight excluding hydrogens is 381 g/mol. The average Bonchev–Trinajstić information content (AvgIpc) is 2.63. The van der Waals surface area contributed by atoms with Crippen molar-refractivity contribution in [3.8, 4) is 0 Å². The van der Waals surface area contributed by atoms with Gasteiger partial charge in [-0.3, -0.25) is 9.69 Å². The Hall–Kier alpha value is -1.59. The predicted octanol–water partition coefficient (Wildman–Crippen LogP) is 3.35. The summed E-state index contributed by atoms with van der Waals surface area (Å²) in [6.07, 6.45) is 0. The summed E-state index contributed by atoms with van der Waals surface area (Å²) < 4.78 is 0. The maximum absolute atomic E-state index is 12.9. The summed E-state index contributed by atoms with van der Waals surface area (Å²) >= 11 is 0. The van der Waals surface area contributed by atoms with Crippen molar-refractivity contribution < 1.29 is 4.79 Å². The fourth-order valence-corrected chi connectivity index (χ4v) is 3.34. The highest BCUT2D eigenvalue weighted by molar-refractivity contribution is 5.85. The van der Waals surface area contributed by atoms with Crippen LogP contribution in [0, 0.1) is 0 Å². The molecule has 1 saturated heterocycles. The van der Waals surface area contributed by atoms with Crippen LogP contribution < -0.4 is 5.32 Å². The first kappa shape index (κ1) is 23.4. The van der Waals surface area contributed by atoms with Crippen molar-refractivity contribution in [2.45, 2.75) is 26.1 Å². The van der Waals surface area contributed by atoms with Gasteiger partial charge in [-0.05, 0) is 18.1 Å². The first-order valence-corrected chi connectivity index (χ1v) is 9.03. The van der Waals surface area contributed by atoms with Crippen LogP contribution in [0.25, 0.3) is 0 Å². The Morgan fingerprint density at radius 2 is 1.52 bits per heavy atom. The monoisotopic (exact) mass is 409 g/mol. The third-order valence-electron chi connectivity index (χ3n) is 4.68. The summed E-state index contributed by atoms with van der Waals surface area (Å²) in [7, 11) is 0. The number of nitrogens with zero attached hydrogens (tertiary/aromatic N) is 2. The smallest absolute Gasteiger partial charge is 0.237 e. The van der Waals surface area contributed by atoms with Crippen LogP contribution >= 0.6 is 24.8 Å². The van der Waals surface area contributed by atoms with E-state index in [0.29, 0.717) is 6.54 Å². The number of benzene rings is 2. The molecule has 27 heavy (non-hydrogen) atoms. The lowest BCUT2D eigenvalue weighted by atomic mass is 10.1. The SMILES string of the molecule is C[C@@H]1CNCCN1C(=O)CN(Cc1ccccc1)Cc1ccccc1.Cl.Cl. The van der Waals surface area contributed by atoms with E-state index in [2.05, 4.69) is 65.7 Å². The third-order valence-corrected chi connectivity index (χ3v) is 4.68. The number of rotatable bonds is 6. The molecule has 1 fully saturated rings. The van der Waals surface area contributed by atoms with Crippen molar-refractivity contribution in [2.75, 3.05) is 26.2 Å². The van der Waals surface area contributed by atoms with Crippen LogP contribution in [0.2, 0.25) is 0 Å². The van der Waals surface area contributed by atoms with Crippen LogP contribution in [0.15, 0.2) is 60.7 Å². The van der Waals surface area contributed by atoms with Gasteiger partial charge in [0.1, 0.15) is 0 Å². The van der Waals surface area contributed by atoms with Gasteiger partial charge in [0, 0.05) is 38.8 Å². The zero-order chi connectivity index (χ0) is 17.5. The van der Waals surface area contributed by atoms with Crippen LogP contribution in [0.4, 0.5) is 0 Å². The number of carbonyl (C=O) groups is 1. The maximum Gasteiger partial charge on any atom is 0.237 e. The second-order valence-electron chi connectivity index (χ2n) is 6.76. The molecule has 1 N–H and O–H groups in total. The average molecular weight is 410 g/mol. The molecule has 1 heterocycles. The van der Waals surface area contributed by atoms with Gasteiger partial charge in [0.15, 0.2) is 0 Å². The van der Waals surface area contributed by atoms with Crippen molar-refractivity contribution in [3.05, 3.63) is 71.8 Å². The van der Waals surface area contributed by atoms with E-state index >= 15 is 0 Å². The van der Waals surface area contributed by atoms with Gasteiger partial charge in [-0.25, -0.2) is 0 Å². The number of halogens is 2. The highest BCUT2D eigenvalue weighted by Crippen LogP contribution is 2.12. The molecule has 3 rings (SSSR count). The summed E-state index contributed by atoms with van der Waals surface area (Å²) in [5.41, 5.74) is 2.47. The van der Waals surface area contributed by atoms with Gasteiger partial charge < -0.3 is 10.2 Å². The second kappa shape index (κ2) is 12.0. The molecule has 1 aliphatic heterocycles.